The number of nitrogens with one attached hydrogen (secondary N) is 1. The second-order valence-corrected chi connectivity index (χ2v) is 6.93. The highest BCUT2D eigenvalue weighted by atomic mass is 16.2. The van der Waals surface area contributed by atoms with Crippen LogP contribution in [0.15, 0.2) is 24.3 Å². The molecule has 6 nitrogen and oxygen atoms in total. The molecule has 0 saturated heterocycles. The van der Waals surface area contributed by atoms with Crippen molar-refractivity contribution in [1.29, 1.82) is 0 Å². The number of hydrogen-bond donors (Lipinski definition) is 1. The van der Waals surface area contributed by atoms with Crippen LogP contribution in [0.5, 0.6) is 0 Å². The van der Waals surface area contributed by atoms with Crippen LogP contribution >= 0.6 is 0 Å². The normalized spacial score (nSPS) is 13.1. The molecule has 27 heavy (non-hydrogen) atoms. The summed E-state index contributed by atoms with van der Waals surface area (Å²) in [4.78, 5) is 31.9. The van der Waals surface area contributed by atoms with Crippen molar-refractivity contribution < 1.29 is 9.59 Å². The van der Waals surface area contributed by atoms with Gasteiger partial charge in [0, 0.05) is 26.2 Å². The van der Waals surface area contributed by atoms with E-state index in [4.69, 9.17) is 0 Å². The van der Waals surface area contributed by atoms with Crippen molar-refractivity contribution in [2.45, 2.75) is 53.1 Å². The van der Waals surface area contributed by atoms with E-state index in [2.05, 4.69) is 10.3 Å². The van der Waals surface area contributed by atoms with Gasteiger partial charge in [-0.2, -0.15) is 0 Å². The average molecular weight is 368 g/mol. The van der Waals surface area contributed by atoms with E-state index in [0.29, 0.717) is 31.2 Å². The third-order valence-electron chi connectivity index (χ3n) is 5.27. The second kappa shape index (κ2) is 8.37. The summed E-state index contributed by atoms with van der Waals surface area (Å²) in [6.07, 6.45) is 2.81. The van der Waals surface area contributed by atoms with Crippen molar-refractivity contribution in [2.24, 2.45) is 0 Å². The lowest BCUT2D eigenvalue weighted by atomic mass is 10.1. The fourth-order valence-corrected chi connectivity index (χ4v) is 3.61. The summed E-state index contributed by atoms with van der Waals surface area (Å²) in [5, 5.41) is 2.97. The van der Waals surface area contributed by atoms with E-state index >= 15 is 0 Å². The molecule has 3 rings (SSSR count). The molecule has 1 aromatic carbocycles. The van der Waals surface area contributed by atoms with Gasteiger partial charge in [-0.1, -0.05) is 24.3 Å². The zero-order valence-electron chi connectivity index (χ0n) is 16.4. The van der Waals surface area contributed by atoms with Crippen LogP contribution in [0.3, 0.4) is 0 Å². The summed E-state index contributed by atoms with van der Waals surface area (Å²) in [6, 6.07) is 7.98. The van der Waals surface area contributed by atoms with E-state index in [-0.39, 0.29) is 11.8 Å². The molecule has 1 aliphatic heterocycles. The number of imidazole rings is 1. The maximum Gasteiger partial charge on any atom is 0.287 e. The molecule has 2 amide bonds. The van der Waals surface area contributed by atoms with Gasteiger partial charge in [-0.3, -0.25) is 9.59 Å². The Balaban J connectivity index is 1.85. The Morgan fingerprint density at radius 2 is 1.93 bits per heavy atom. The molecule has 0 atom stereocenters. The summed E-state index contributed by atoms with van der Waals surface area (Å²) in [7, 11) is 0. The van der Waals surface area contributed by atoms with E-state index in [1.807, 2.05) is 49.6 Å². The maximum atomic E-state index is 12.9. The molecule has 0 saturated carbocycles. The quantitative estimate of drug-likeness (QED) is 0.852. The van der Waals surface area contributed by atoms with Gasteiger partial charge in [0.15, 0.2) is 5.82 Å². The number of rotatable bonds is 6. The van der Waals surface area contributed by atoms with Crippen molar-refractivity contribution >= 4 is 11.8 Å². The highest BCUT2D eigenvalue weighted by Gasteiger charge is 2.29. The molecule has 0 spiro atoms. The van der Waals surface area contributed by atoms with Crippen LogP contribution in [-0.4, -0.2) is 39.4 Å². The number of carbonyl (C=O) groups excluding carboxylic acids is 2. The Morgan fingerprint density at radius 1 is 1.19 bits per heavy atom. The van der Waals surface area contributed by atoms with Gasteiger partial charge >= 0.3 is 0 Å². The van der Waals surface area contributed by atoms with Gasteiger partial charge in [0.1, 0.15) is 5.69 Å². The average Bonchev–Trinajstić information content (AvgIpc) is 3.08. The third kappa shape index (κ3) is 3.89. The highest BCUT2D eigenvalue weighted by molar-refractivity contribution is 5.97. The van der Waals surface area contributed by atoms with E-state index in [9.17, 15) is 9.59 Å². The van der Waals surface area contributed by atoms with Crippen LogP contribution < -0.4 is 5.32 Å². The van der Waals surface area contributed by atoms with Crippen molar-refractivity contribution in [1.82, 2.24) is 19.8 Å². The van der Waals surface area contributed by atoms with Crippen LogP contribution in [0.2, 0.25) is 0 Å². The second-order valence-electron chi connectivity index (χ2n) is 6.93. The molecule has 2 aromatic rings. The van der Waals surface area contributed by atoms with Crippen LogP contribution in [0.25, 0.3) is 0 Å². The van der Waals surface area contributed by atoms with Gasteiger partial charge in [-0.25, -0.2) is 4.98 Å². The smallest absolute Gasteiger partial charge is 0.287 e. The minimum Gasteiger partial charge on any atom is -0.345 e. The van der Waals surface area contributed by atoms with E-state index in [1.54, 1.807) is 4.90 Å². The number of fused-ring (bicyclic) bond motifs is 1. The largest absolute Gasteiger partial charge is 0.345 e. The molecule has 0 bridgehead atoms. The number of hydrogen-bond acceptors (Lipinski definition) is 3. The molecule has 0 unspecified atom stereocenters. The standard InChI is InChI=1S/C21H28N4O2/c1-4-24(5-2)21(27)18-17-12-8-9-13-25(17)19(23-18)20(26)22-14-16-11-7-6-10-15(16)3/h6-7,10-11H,4-5,8-9,12-14H2,1-3H3,(H,22,26). The molecule has 0 fully saturated rings. The maximum absolute atomic E-state index is 12.9. The number of nitrogens with zero attached hydrogens (tertiary/aromatic N) is 3. The summed E-state index contributed by atoms with van der Waals surface area (Å²) < 4.78 is 1.94. The zero-order valence-corrected chi connectivity index (χ0v) is 16.4. The molecule has 0 radical (unpaired) electrons. The van der Waals surface area contributed by atoms with Crippen molar-refractivity contribution in [3.63, 3.8) is 0 Å². The predicted molar refractivity (Wildman–Crippen MR) is 105 cm³/mol. The fraction of sp³-hybridized carbons (Fsp3) is 0.476. The Hall–Kier alpha value is -2.63. The SMILES string of the molecule is CCN(CC)C(=O)c1nc(C(=O)NCc2ccccc2C)n2c1CCCC2. The van der Waals surface area contributed by atoms with Crippen molar-refractivity contribution in [3.8, 4) is 0 Å². The van der Waals surface area contributed by atoms with Crippen LogP contribution in [-0.2, 0) is 19.5 Å². The third-order valence-corrected chi connectivity index (χ3v) is 5.27. The molecular formula is C21H28N4O2. The van der Waals surface area contributed by atoms with Crippen molar-refractivity contribution in [2.75, 3.05) is 13.1 Å². The van der Waals surface area contributed by atoms with E-state index in [0.717, 1.165) is 42.6 Å². The minimum atomic E-state index is -0.222. The number of aromatic nitrogens is 2. The highest BCUT2D eigenvalue weighted by Crippen LogP contribution is 2.22. The summed E-state index contributed by atoms with van der Waals surface area (Å²) in [6.45, 7) is 8.40. The lowest BCUT2D eigenvalue weighted by Gasteiger charge is -2.20. The number of amides is 2. The Kier molecular flexibility index (Phi) is 5.94. The van der Waals surface area contributed by atoms with Gasteiger partial charge in [0.2, 0.25) is 0 Å². The Morgan fingerprint density at radius 3 is 2.63 bits per heavy atom. The van der Waals surface area contributed by atoms with Gasteiger partial charge < -0.3 is 14.8 Å². The first kappa shape index (κ1) is 19.1. The molecule has 0 aliphatic carbocycles. The fourth-order valence-electron chi connectivity index (χ4n) is 3.61. The minimum absolute atomic E-state index is 0.0800. The topological polar surface area (TPSA) is 67.2 Å². The molecule has 144 valence electrons. The first-order chi connectivity index (χ1) is 13.1. The Labute approximate surface area is 160 Å². The number of carbonyl (C=O) groups is 2. The summed E-state index contributed by atoms with van der Waals surface area (Å²) >= 11 is 0. The van der Waals surface area contributed by atoms with E-state index < -0.39 is 0 Å². The molecule has 6 heteroatoms. The van der Waals surface area contributed by atoms with Crippen LogP contribution in [0.4, 0.5) is 0 Å². The molecule has 2 heterocycles. The molecular weight excluding hydrogens is 340 g/mol. The lowest BCUT2D eigenvalue weighted by Crippen LogP contribution is -2.31. The van der Waals surface area contributed by atoms with Gasteiger partial charge in [0.25, 0.3) is 11.8 Å². The Bertz CT molecular complexity index is 837. The summed E-state index contributed by atoms with van der Waals surface area (Å²) in [5.41, 5.74) is 3.56. The summed E-state index contributed by atoms with van der Waals surface area (Å²) in [5.74, 6) is 0.0531. The monoisotopic (exact) mass is 368 g/mol. The first-order valence-corrected chi connectivity index (χ1v) is 9.78. The first-order valence-electron chi connectivity index (χ1n) is 9.78. The van der Waals surface area contributed by atoms with Gasteiger partial charge in [-0.15, -0.1) is 0 Å². The van der Waals surface area contributed by atoms with Crippen molar-refractivity contribution in [3.05, 3.63) is 52.6 Å². The van der Waals surface area contributed by atoms with E-state index in [1.165, 1.54) is 0 Å². The molecule has 1 N–H and O–H groups in total. The van der Waals surface area contributed by atoms with Gasteiger partial charge in [-0.05, 0) is 51.2 Å². The zero-order chi connectivity index (χ0) is 19.4. The van der Waals surface area contributed by atoms with Crippen LogP contribution in [0, 0.1) is 6.92 Å². The number of benzene rings is 1. The van der Waals surface area contributed by atoms with Gasteiger partial charge in [0.05, 0.1) is 5.69 Å². The van der Waals surface area contributed by atoms with Crippen LogP contribution in [0.1, 0.15) is 64.6 Å². The number of aryl methyl sites for hydroxylation is 1. The molecule has 1 aromatic heterocycles. The predicted octanol–water partition coefficient (Wildman–Crippen LogP) is 2.94. The lowest BCUT2D eigenvalue weighted by molar-refractivity contribution is 0.0766. The molecule has 1 aliphatic rings.